The van der Waals surface area contributed by atoms with Gasteiger partial charge in [-0.25, -0.2) is 13.1 Å². The largest absolute Gasteiger partial charge is 0.497 e. The molecule has 2 atom stereocenters. The number of ether oxygens (including phenoxy) is 2. The molecule has 2 heterocycles. The number of nitrogens with zero attached hydrogens (tertiary/aromatic N) is 1. The molecular formula is C23H27N3O6S. The lowest BCUT2D eigenvalue weighted by molar-refractivity contribution is -0.122. The van der Waals surface area contributed by atoms with Gasteiger partial charge in [-0.1, -0.05) is 0 Å². The fourth-order valence-electron chi connectivity index (χ4n) is 3.95. The second kappa shape index (κ2) is 9.90. The molecule has 0 bridgehead atoms. The van der Waals surface area contributed by atoms with Gasteiger partial charge >= 0.3 is 0 Å². The number of amides is 2. The molecule has 0 unspecified atom stereocenters. The predicted octanol–water partition coefficient (Wildman–Crippen LogP) is 2.14. The molecule has 2 aliphatic rings. The molecule has 2 aromatic carbocycles. The van der Waals surface area contributed by atoms with E-state index in [1.165, 1.54) is 24.3 Å². The van der Waals surface area contributed by atoms with Crippen molar-refractivity contribution in [1.82, 2.24) is 4.72 Å². The smallest absolute Gasteiger partial charge is 0.240 e. The number of anilines is 2. The Bertz CT molecular complexity index is 1100. The Morgan fingerprint density at radius 3 is 2.52 bits per heavy atom. The standard InChI is InChI=1S/C23H27N3O6S/c1-31-19-8-6-18(7-9-19)26-15-16(13-22(26)27)23(28)25-17-4-10-21(11-5-17)33(29,30)24-14-20-3-2-12-32-20/h4-11,16,20,24H,2-3,12-15H2,1H3,(H,25,28)/t16-,20-/m0/s1. The van der Waals surface area contributed by atoms with E-state index in [4.69, 9.17) is 9.47 Å². The first-order valence-electron chi connectivity index (χ1n) is 10.8. The minimum absolute atomic E-state index is 0.0926. The van der Waals surface area contributed by atoms with Crippen LogP contribution in [-0.4, -0.2) is 53.1 Å². The Morgan fingerprint density at radius 2 is 1.88 bits per heavy atom. The maximum Gasteiger partial charge on any atom is 0.240 e. The third-order valence-electron chi connectivity index (χ3n) is 5.84. The fraction of sp³-hybridized carbons (Fsp3) is 0.391. The zero-order valence-electron chi connectivity index (χ0n) is 18.3. The lowest BCUT2D eigenvalue weighted by atomic mass is 10.1. The van der Waals surface area contributed by atoms with Crippen LogP contribution in [0.5, 0.6) is 5.75 Å². The lowest BCUT2D eigenvalue weighted by Gasteiger charge is -2.17. The van der Waals surface area contributed by atoms with E-state index in [9.17, 15) is 18.0 Å². The third-order valence-corrected chi connectivity index (χ3v) is 7.28. The molecule has 2 saturated heterocycles. The van der Waals surface area contributed by atoms with Crippen LogP contribution in [0, 0.1) is 5.92 Å². The first kappa shape index (κ1) is 23.2. The first-order chi connectivity index (χ1) is 15.9. The number of methoxy groups -OCH3 is 1. The maximum absolute atomic E-state index is 12.7. The molecule has 2 N–H and O–H groups in total. The Hall–Kier alpha value is -2.95. The number of nitrogens with one attached hydrogen (secondary N) is 2. The quantitative estimate of drug-likeness (QED) is 0.607. The molecule has 10 heteroatoms. The number of hydrogen-bond donors (Lipinski definition) is 2. The molecule has 2 aliphatic heterocycles. The van der Waals surface area contributed by atoms with Gasteiger partial charge in [0.05, 0.1) is 24.0 Å². The van der Waals surface area contributed by atoms with E-state index < -0.39 is 15.9 Å². The Labute approximate surface area is 193 Å². The highest BCUT2D eigenvalue weighted by Gasteiger charge is 2.35. The second-order valence-electron chi connectivity index (χ2n) is 8.10. The van der Waals surface area contributed by atoms with E-state index in [-0.39, 0.29) is 42.3 Å². The van der Waals surface area contributed by atoms with Crippen molar-refractivity contribution in [3.05, 3.63) is 48.5 Å². The highest BCUT2D eigenvalue weighted by Crippen LogP contribution is 2.27. The van der Waals surface area contributed by atoms with Gasteiger partial charge in [0.25, 0.3) is 0 Å². The minimum Gasteiger partial charge on any atom is -0.497 e. The van der Waals surface area contributed by atoms with Gasteiger partial charge in [0, 0.05) is 37.5 Å². The number of sulfonamides is 1. The highest BCUT2D eigenvalue weighted by atomic mass is 32.2. The molecule has 2 fully saturated rings. The van der Waals surface area contributed by atoms with E-state index in [0.29, 0.717) is 23.7 Å². The van der Waals surface area contributed by atoms with Gasteiger partial charge in [-0.2, -0.15) is 0 Å². The van der Waals surface area contributed by atoms with Crippen molar-refractivity contribution in [2.24, 2.45) is 5.92 Å². The first-order valence-corrected chi connectivity index (χ1v) is 12.3. The Morgan fingerprint density at radius 1 is 1.15 bits per heavy atom. The van der Waals surface area contributed by atoms with Gasteiger partial charge in [0.15, 0.2) is 0 Å². The molecule has 9 nitrogen and oxygen atoms in total. The summed E-state index contributed by atoms with van der Waals surface area (Å²) in [6.45, 7) is 1.17. The van der Waals surface area contributed by atoms with Crippen LogP contribution in [0.25, 0.3) is 0 Å². The van der Waals surface area contributed by atoms with Crippen molar-refractivity contribution in [2.45, 2.75) is 30.3 Å². The van der Waals surface area contributed by atoms with Crippen molar-refractivity contribution < 1.29 is 27.5 Å². The summed E-state index contributed by atoms with van der Waals surface area (Å²) in [6.07, 6.45) is 1.79. The van der Waals surface area contributed by atoms with Crippen molar-refractivity contribution in [1.29, 1.82) is 0 Å². The highest BCUT2D eigenvalue weighted by molar-refractivity contribution is 7.89. The van der Waals surface area contributed by atoms with Crippen LogP contribution in [0.2, 0.25) is 0 Å². The predicted molar refractivity (Wildman–Crippen MR) is 123 cm³/mol. The number of hydrogen-bond acceptors (Lipinski definition) is 6. The molecule has 0 aliphatic carbocycles. The summed E-state index contributed by atoms with van der Waals surface area (Å²) in [5.41, 5.74) is 1.18. The topological polar surface area (TPSA) is 114 Å². The van der Waals surface area contributed by atoms with Crippen LogP contribution >= 0.6 is 0 Å². The summed E-state index contributed by atoms with van der Waals surface area (Å²) in [7, 11) is -2.09. The summed E-state index contributed by atoms with van der Waals surface area (Å²) in [5, 5.41) is 2.78. The van der Waals surface area contributed by atoms with Crippen molar-refractivity contribution >= 4 is 33.2 Å². The summed E-state index contributed by atoms with van der Waals surface area (Å²) >= 11 is 0. The third kappa shape index (κ3) is 5.52. The van der Waals surface area contributed by atoms with Crippen molar-refractivity contribution in [2.75, 3.05) is 37.0 Å². The van der Waals surface area contributed by atoms with Gasteiger partial charge in [-0.05, 0) is 61.4 Å². The Kier molecular flexibility index (Phi) is 6.96. The van der Waals surface area contributed by atoms with Crippen molar-refractivity contribution in [3.8, 4) is 5.75 Å². The summed E-state index contributed by atoms with van der Waals surface area (Å²) in [5.74, 6) is -0.228. The summed E-state index contributed by atoms with van der Waals surface area (Å²) < 4.78 is 38.1. The van der Waals surface area contributed by atoms with Crippen LogP contribution in [0.1, 0.15) is 19.3 Å². The normalized spacial score (nSPS) is 20.8. The monoisotopic (exact) mass is 473 g/mol. The maximum atomic E-state index is 12.7. The van der Waals surface area contributed by atoms with E-state index in [0.717, 1.165) is 12.8 Å². The fourth-order valence-corrected chi connectivity index (χ4v) is 5.01. The SMILES string of the molecule is COc1ccc(N2C[C@@H](C(=O)Nc3ccc(S(=O)(=O)NC[C@@H]4CCCO4)cc3)CC2=O)cc1. The molecule has 33 heavy (non-hydrogen) atoms. The van der Waals surface area contributed by atoms with Crippen LogP contribution in [-0.2, 0) is 24.3 Å². The minimum atomic E-state index is -3.66. The second-order valence-corrected chi connectivity index (χ2v) is 9.87. The molecule has 2 amide bonds. The number of carbonyl (C=O) groups is 2. The Balaban J connectivity index is 1.34. The van der Waals surface area contributed by atoms with Gasteiger partial charge in [0.1, 0.15) is 5.75 Å². The molecular weight excluding hydrogens is 446 g/mol. The zero-order valence-corrected chi connectivity index (χ0v) is 19.1. The van der Waals surface area contributed by atoms with Gasteiger partial charge in [-0.3, -0.25) is 9.59 Å². The van der Waals surface area contributed by atoms with Crippen LogP contribution in [0.15, 0.2) is 53.4 Å². The molecule has 0 radical (unpaired) electrons. The van der Waals surface area contributed by atoms with Gasteiger partial charge in [-0.15, -0.1) is 0 Å². The van der Waals surface area contributed by atoms with E-state index in [1.807, 2.05) is 0 Å². The average molecular weight is 474 g/mol. The number of rotatable bonds is 8. The number of benzene rings is 2. The molecule has 2 aromatic rings. The average Bonchev–Trinajstić information content (AvgIpc) is 3.48. The van der Waals surface area contributed by atoms with Gasteiger partial charge in [0.2, 0.25) is 21.8 Å². The van der Waals surface area contributed by atoms with E-state index >= 15 is 0 Å². The van der Waals surface area contributed by atoms with E-state index in [1.54, 1.807) is 36.3 Å². The lowest BCUT2D eigenvalue weighted by Crippen LogP contribution is -2.31. The van der Waals surface area contributed by atoms with E-state index in [2.05, 4.69) is 10.0 Å². The summed E-state index contributed by atoms with van der Waals surface area (Å²) in [4.78, 5) is 26.8. The molecule has 0 aromatic heterocycles. The van der Waals surface area contributed by atoms with Crippen LogP contribution in [0.3, 0.4) is 0 Å². The van der Waals surface area contributed by atoms with Gasteiger partial charge < -0.3 is 19.7 Å². The van der Waals surface area contributed by atoms with Crippen LogP contribution < -0.4 is 19.7 Å². The van der Waals surface area contributed by atoms with Crippen LogP contribution in [0.4, 0.5) is 11.4 Å². The zero-order chi connectivity index (χ0) is 23.4. The number of carbonyl (C=O) groups excluding carboxylic acids is 2. The molecule has 176 valence electrons. The molecule has 0 saturated carbocycles. The van der Waals surface area contributed by atoms with Crippen molar-refractivity contribution in [3.63, 3.8) is 0 Å². The summed E-state index contributed by atoms with van der Waals surface area (Å²) in [6, 6.07) is 13.1. The molecule has 0 spiro atoms. The molecule has 4 rings (SSSR count).